The van der Waals surface area contributed by atoms with E-state index in [9.17, 15) is 30.6 Å². The molecule has 15 unspecified atom stereocenters. The van der Waals surface area contributed by atoms with Gasteiger partial charge in [0.15, 0.2) is 0 Å². The van der Waals surface area contributed by atoms with Crippen molar-refractivity contribution in [2.75, 3.05) is 60.0 Å². The number of hydrogen-bond acceptors (Lipinski definition) is 12. The third-order valence-corrected chi connectivity index (χ3v) is 9.66. The van der Waals surface area contributed by atoms with E-state index >= 15 is 0 Å². The Balaban J connectivity index is 1.51. The second-order valence-corrected chi connectivity index (χ2v) is 12.2. The van der Waals surface area contributed by atoms with E-state index in [0.29, 0.717) is 0 Å². The molecule has 3 fully saturated rings. The lowest BCUT2D eigenvalue weighted by Crippen LogP contribution is -2.56. The zero-order valence-electron chi connectivity index (χ0n) is 25.2. The summed E-state index contributed by atoms with van der Waals surface area (Å²) in [5.74, 6) is -1.90. The second kappa shape index (κ2) is 16.6. The Morgan fingerprint density at radius 3 is 1.20 bits per heavy atom. The quantitative estimate of drug-likeness (QED) is 0.148. The maximum absolute atomic E-state index is 11.1. The summed E-state index contributed by atoms with van der Waals surface area (Å²) in [6.07, 6.45) is -4.35. The van der Waals surface area contributed by atoms with Gasteiger partial charge in [-0.15, -0.1) is 0 Å². The lowest BCUT2D eigenvalue weighted by molar-refractivity contribution is -0.225. The molecule has 0 aromatic rings. The van der Waals surface area contributed by atoms with Crippen LogP contribution in [0.4, 0.5) is 0 Å². The first-order valence-corrected chi connectivity index (χ1v) is 15.1. The third-order valence-electron chi connectivity index (χ3n) is 9.66. The Bertz CT molecular complexity index is 739. The topological polar surface area (TPSA) is 177 Å². The smallest absolute Gasteiger partial charge is 0.0885 e. The average molecular weight is 595 g/mol. The summed E-state index contributed by atoms with van der Waals surface area (Å²) in [5, 5.41) is 62.3. The molecule has 0 aromatic carbocycles. The van der Waals surface area contributed by atoms with Gasteiger partial charge in [-0.3, -0.25) is 0 Å². The largest absolute Gasteiger partial charge is 0.394 e. The number of aliphatic hydroxyl groups excluding tert-OH is 6. The van der Waals surface area contributed by atoms with Crippen LogP contribution in [0.15, 0.2) is 0 Å². The van der Waals surface area contributed by atoms with E-state index in [1.807, 2.05) is 27.7 Å². The van der Waals surface area contributed by atoms with E-state index in [4.69, 9.17) is 28.4 Å². The molecule has 3 saturated heterocycles. The number of methoxy groups -OCH3 is 1. The molecule has 0 bridgehead atoms. The summed E-state index contributed by atoms with van der Waals surface area (Å²) in [6, 6.07) is 0. The molecule has 0 spiro atoms. The van der Waals surface area contributed by atoms with Crippen LogP contribution in [0.25, 0.3) is 0 Å². The SMILES string of the molecule is CCC1OC(CO)C(COCC2OC(CO)C(COCC3OC(CO)C(COC)C(O)C3C)C(O)C2C)C(O)C1C. The van der Waals surface area contributed by atoms with Gasteiger partial charge in [-0.1, -0.05) is 27.7 Å². The first-order valence-electron chi connectivity index (χ1n) is 15.1. The monoisotopic (exact) mass is 594 g/mol. The summed E-state index contributed by atoms with van der Waals surface area (Å²) >= 11 is 0. The molecule has 0 saturated carbocycles. The molecular weight excluding hydrogens is 540 g/mol. The fourth-order valence-corrected chi connectivity index (χ4v) is 6.67. The van der Waals surface area contributed by atoms with Crippen molar-refractivity contribution in [2.45, 2.75) is 89.1 Å². The first kappa shape index (κ1) is 35.0. The molecule has 12 nitrogen and oxygen atoms in total. The molecule has 0 radical (unpaired) electrons. The Hall–Kier alpha value is -0.480. The van der Waals surface area contributed by atoms with Crippen LogP contribution in [0.3, 0.4) is 0 Å². The molecular formula is C29H54O12. The zero-order chi connectivity index (χ0) is 30.3. The summed E-state index contributed by atoms with van der Waals surface area (Å²) in [7, 11) is 1.54. The van der Waals surface area contributed by atoms with Gasteiger partial charge in [0.1, 0.15) is 0 Å². The Labute approximate surface area is 243 Å². The summed E-state index contributed by atoms with van der Waals surface area (Å²) in [6.45, 7) is 7.70. The molecule has 3 aliphatic heterocycles. The molecule has 0 aliphatic carbocycles. The van der Waals surface area contributed by atoms with Crippen LogP contribution in [0.1, 0.15) is 34.1 Å². The lowest BCUT2D eigenvalue weighted by atomic mass is 9.81. The van der Waals surface area contributed by atoms with Crippen molar-refractivity contribution in [1.82, 2.24) is 0 Å². The Morgan fingerprint density at radius 1 is 0.512 bits per heavy atom. The van der Waals surface area contributed by atoms with Crippen molar-refractivity contribution in [2.24, 2.45) is 35.5 Å². The minimum absolute atomic E-state index is 0.0887. The van der Waals surface area contributed by atoms with Crippen molar-refractivity contribution >= 4 is 0 Å². The Kier molecular flexibility index (Phi) is 14.1. The highest BCUT2D eigenvalue weighted by Gasteiger charge is 2.46. The highest BCUT2D eigenvalue weighted by Crippen LogP contribution is 2.35. The van der Waals surface area contributed by atoms with Gasteiger partial charge in [0.2, 0.25) is 0 Å². The fourth-order valence-electron chi connectivity index (χ4n) is 6.67. The highest BCUT2D eigenvalue weighted by molar-refractivity contribution is 4.93. The maximum atomic E-state index is 11.1. The molecule has 6 N–H and O–H groups in total. The van der Waals surface area contributed by atoms with E-state index in [1.165, 1.54) is 0 Å². The molecule has 0 amide bonds. The van der Waals surface area contributed by atoms with Gasteiger partial charge in [-0.2, -0.15) is 0 Å². The number of hydrogen-bond donors (Lipinski definition) is 6. The maximum Gasteiger partial charge on any atom is 0.0885 e. The van der Waals surface area contributed by atoms with Crippen molar-refractivity contribution in [3.05, 3.63) is 0 Å². The first-order chi connectivity index (χ1) is 19.6. The standard InChI is InChI=1S/C29H54O12/c1-6-21-15(2)27(33)19(23(8-31)39-21)11-37-14-26-17(4)29(35)20(24(9-32)41-26)12-38-13-25-16(3)28(34)18(10-36-5)22(7-30)40-25/h15-35H,6-14H2,1-5H3. The second-order valence-electron chi connectivity index (χ2n) is 12.2. The summed E-state index contributed by atoms with van der Waals surface area (Å²) < 4.78 is 35.2. The molecule has 15 atom stereocenters. The van der Waals surface area contributed by atoms with Crippen LogP contribution in [0.2, 0.25) is 0 Å². The molecule has 3 heterocycles. The minimum Gasteiger partial charge on any atom is -0.394 e. The van der Waals surface area contributed by atoms with Gasteiger partial charge in [-0.05, 0) is 6.42 Å². The van der Waals surface area contributed by atoms with Gasteiger partial charge in [-0.25, -0.2) is 0 Å². The van der Waals surface area contributed by atoms with E-state index in [-0.39, 0.29) is 82.6 Å². The number of ether oxygens (including phenoxy) is 6. The van der Waals surface area contributed by atoms with Crippen LogP contribution < -0.4 is 0 Å². The van der Waals surface area contributed by atoms with Gasteiger partial charge in [0.05, 0.1) is 108 Å². The Morgan fingerprint density at radius 2 is 0.854 bits per heavy atom. The zero-order valence-corrected chi connectivity index (χ0v) is 25.2. The predicted molar refractivity (Wildman–Crippen MR) is 147 cm³/mol. The van der Waals surface area contributed by atoms with E-state index in [1.54, 1.807) is 7.11 Å². The van der Waals surface area contributed by atoms with Crippen LogP contribution >= 0.6 is 0 Å². The summed E-state index contributed by atoms with van der Waals surface area (Å²) in [5.41, 5.74) is 0. The number of aliphatic hydroxyl groups is 6. The fraction of sp³-hybridized carbons (Fsp3) is 1.00. The van der Waals surface area contributed by atoms with Crippen molar-refractivity contribution in [3.63, 3.8) is 0 Å². The van der Waals surface area contributed by atoms with Crippen LogP contribution in [0, 0.1) is 35.5 Å². The van der Waals surface area contributed by atoms with Crippen molar-refractivity contribution in [1.29, 1.82) is 0 Å². The molecule has 41 heavy (non-hydrogen) atoms. The number of rotatable bonds is 14. The van der Waals surface area contributed by atoms with Crippen molar-refractivity contribution < 1.29 is 59.1 Å². The predicted octanol–water partition coefficient (Wildman–Crippen LogP) is -0.805. The molecule has 3 aliphatic rings. The van der Waals surface area contributed by atoms with E-state index < -0.39 is 60.7 Å². The van der Waals surface area contributed by atoms with Crippen molar-refractivity contribution in [3.8, 4) is 0 Å². The van der Waals surface area contributed by atoms with Gasteiger partial charge in [0.25, 0.3) is 0 Å². The lowest BCUT2D eigenvalue weighted by Gasteiger charge is -2.45. The normalized spacial score (nSPS) is 45.6. The van der Waals surface area contributed by atoms with Crippen LogP contribution in [0.5, 0.6) is 0 Å². The van der Waals surface area contributed by atoms with E-state index in [0.717, 1.165) is 6.42 Å². The molecule has 12 heteroatoms. The van der Waals surface area contributed by atoms with Crippen LogP contribution in [-0.4, -0.2) is 146 Å². The minimum atomic E-state index is -0.833. The van der Waals surface area contributed by atoms with E-state index in [2.05, 4.69) is 0 Å². The average Bonchev–Trinajstić information content (AvgIpc) is 2.97. The molecule has 242 valence electrons. The van der Waals surface area contributed by atoms with Crippen LogP contribution in [-0.2, 0) is 28.4 Å². The molecule has 0 aromatic heterocycles. The summed E-state index contributed by atoms with van der Waals surface area (Å²) in [4.78, 5) is 0. The third kappa shape index (κ3) is 8.17. The molecule has 3 rings (SSSR count). The van der Waals surface area contributed by atoms with Gasteiger partial charge < -0.3 is 59.1 Å². The highest BCUT2D eigenvalue weighted by atomic mass is 16.6. The van der Waals surface area contributed by atoms with Gasteiger partial charge >= 0.3 is 0 Å². The van der Waals surface area contributed by atoms with Gasteiger partial charge in [0, 0.05) is 42.6 Å².